The van der Waals surface area contributed by atoms with Gasteiger partial charge in [0.2, 0.25) is 0 Å². The molecule has 0 saturated heterocycles. The molecule has 0 bridgehead atoms. The maximum absolute atomic E-state index is 11.3. The van der Waals surface area contributed by atoms with E-state index in [0.29, 0.717) is 11.5 Å². The van der Waals surface area contributed by atoms with Crippen molar-refractivity contribution in [2.75, 3.05) is 5.73 Å². The number of anilines is 1. The third-order valence-corrected chi connectivity index (χ3v) is 2.80. The zero-order valence-corrected chi connectivity index (χ0v) is 9.82. The van der Waals surface area contributed by atoms with Crippen LogP contribution in [0.1, 0.15) is 10.4 Å². The summed E-state index contributed by atoms with van der Waals surface area (Å²) in [7, 11) is 0. The van der Waals surface area contributed by atoms with Crippen LogP contribution in [0.5, 0.6) is 0 Å². The van der Waals surface area contributed by atoms with Gasteiger partial charge in [-0.15, -0.1) is 0 Å². The lowest BCUT2D eigenvalue weighted by Gasteiger charge is -2.07. The van der Waals surface area contributed by atoms with Crippen LogP contribution in [0.15, 0.2) is 42.9 Å². The summed E-state index contributed by atoms with van der Waals surface area (Å²) in [5.74, 6) is -0.775. The van der Waals surface area contributed by atoms with E-state index in [0.717, 1.165) is 11.0 Å². The molecule has 19 heavy (non-hydrogen) atoms. The van der Waals surface area contributed by atoms with Crippen LogP contribution in [-0.2, 0) is 0 Å². The number of nitrogen functional groups attached to an aromatic ring is 1. The predicted molar refractivity (Wildman–Crippen MR) is 70.2 cm³/mol. The van der Waals surface area contributed by atoms with E-state index in [1.807, 2.05) is 24.3 Å². The van der Waals surface area contributed by atoms with Gasteiger partial charge >= 0.3 is 5.97 Å². The summed E-state index contributed by atoms with van der Waals surface area (Å²) in [5.41, 5.74) is 7.51. The molecule has 0 radical (unpaired) electrons. The van der Waals surface area contributed by atoms with E-state index in [9.17, 15) is 9.90 Å². The van der Waals surface area contributed by atoms with E-state index in [1.165, 1.54) is 12.3 Å². The Morgan fingerprint density at radius 3 is 2.84 bits per heavy atom. The predicted octanol–water partition coefficient (Wildman–Crippen LogP) is 1.70. The molecule has 1 aromatic carbocycles. The standard InChI is InChI=1S/C13H10N4O2/c14-8-5-9(13(18)19)12(15-6-8)17-7-16-10-3-1-2-4-11(10)17/h1-7H,14H2,(H,18,19). The Morgan fingerprint density at radius 1 is 1.26 bits per heavy atom. The Kier molecular flexibility index (Phi) is 2.42. The van der Waals surface area contributed by atoms with Gasteiger partial charge in [0.25, 0.3) is 0 Å². The van der Waals surface area contributed by atoms with Gasteiger partial charge in [-0.3, -0.25) is 4.57 Å². The number of carbonyl (C=O) groups is 1. The molecule has 0 aliphatic heterocycles. The lowest BCUT2D eigenvalue weighted by Crippen LogP contribution is -2.08. The number of aromatic nitrogens is 3. The van der Waals surface area contributed by atoms with Crippen molar-refractivity contribution < 1.29 is 9.90 Å². The summed E-state index contributed by atoms with van der Waals surface area (Å²) in [6.07, 6.45) is 2.98. The van der Waals surface area contributed by atoms with E-state index >= 15 is 0 Å². The van der Waals surface area contributed by atoms with Gasteiger partial charge < -0.3 is 10.8 Å². The molecule has 0 unspecified atom stereocenters. The average molecular weight is 254 g/mol. The Morgan fingerprint density at radius 2 is 2.05 bits per heavy atom. The Labute approximate surface area is 108 Å². The van der Waals surface area contributed by atoms with E-state index in [4.69, 9.17) is 5.73 Å². The van der Waals surface area contributed by atoms with Crippen molar-refractivity contribution >= 4 is 22.7 Å². The van der Waals surface area contributed by atoms with Crippen LogP contribution >= 0.6 is 0 Å². The number of pyridine rings is 1. The Hall–Kier alpha value is -2.89. The monoisotopic (exact) mass is 254 g/mol. The second kappa shape index (κ2) is 4.09. The molecule has 6 nitrogen and oxygen atoms in total. The van der Waals surface area contributed by atoms with Gasteiger partial charge in [-0.05, 0) is 18.2 Å². The molecule has 0 atom stereocenters. The SMILES string of the molecule is Nc1cnc(-n2cnc3ccccc32)c(C(=O)O)c1. The van der Waals surface area contributed by atoms with E-state index in [1.54, 1.807) is 10.9 Å². The highest BCUT2D eigenvalue weighted by atomic mass is 16.4. The smallest absolute Gasteiger partial charge is 0.339 e. The largest absolute Gasteiger partial charge is 0.478 e. The molecule has 0 aliphatic rings. The molecule has 0 spiro atoms. The minimum absolute atomic E-state index is 0.0446. The molecule has 2 heterocycles. The quantitative estimate of drug-likeness (QED) is 0.725. The van der Waals surface area contributed by atoms with E-state index < -0.39 is 5.97 Å². The first-order chi connectivity index (χ1) is 9.16. The van der Waals surface area contributed by atoms with Gasteiger partial charge in [0.05, 0.1) is 22.9 Å². The van der Waals surface area contributed by atoms with Gasteiger partial charge in [0, 0.05) is 0 Å². The van der Waals surface area contributed by atoms with Gasteiger partial charge in [0.1, 0.15) is 11.9 Å². The summed E-state index contributed by atoms with van der Waals surface area (Å²) in [6.45, 7) is 0. The maximum atomic E-state index is 11.3. The number of benzene rings is 1. The maximum Gasteiger partial charge on any atom is 0.339 e. The normalized spacial score (nSPS) is 10.7. The molecule has 3 aromatic rings. The van der Waals surface area contributed by atoms with Crippen LogP contribution in [0, 0.1) is 0 Å². The third kappa shape index (κ3) is 1.79. The number of hydrogen-bond donors (Lipinski definition) is 2. The fourth-order valence-corrected chi connectivity index (χ4v) is 1.95. The topological polar surface area (TPSA) is 94.0 Å². The molecular formula is C13H10N4O2. The van der Waals surface area contributed by atoms with Crippen molar-refractivity contribution in [3.05, 3.63) is 48.4 Å². The number of nitrogens with two attached hydrogens (primary N) is 1. The number of aromatic carboxylic acids is 1. The Bertz CT molecular complexity index is 779. The van der Waals surface area contributed by atoms with Crippen LogP contribution in [0.25, 0.3) is 16.9 Å². The first kappa shape index (κ1) is 11.2. The van der Waals surface area contributed by atoms with Crippen molar-refractivity contribution in [1.82, 2.24) is 14.5 Å². The lowest BCUT2D eigenvalue weighted by molar-refractivity contribution is 0.0696. The van der Waals surface area contributed by atoms with Gasteiger partial charge in [-0.25, -0.2) is 14.8 Å². The summed E-state index contributed by atoms with van der Waals surface area (Å²) in [5, 5.41) is 9.23. The molecular weight excluding hydrogens is 244 g/mol. The molecule has 0 aliphatic carbocycles. The van der Waals surface area contributed by atoms with Crippen molar-refractivity contribution in [2.45, 2.75) is 0 Å². The highest BCUT2D eigenvalue weighted by Crippen LogP contribution is 2.20. The second-order valence-corrected chi connectivity index (χ2v) is 4.05. The summed E-state index contributed by atoms with van der Waals surface area (Å²) >= 11 is 0. The van der Waals surface area contributed by atoms with Crippen molar-refractivity contribution in [1.29, 1.82) is 0 Å². The van der Waals surface area contributed by atoms with Crippen LogP contribution < -0.4 is 5.73 Å². The van der Waals surface area contributed by atoms with Crippen LogP contribution in [0.3, 0.4) is 0 Å². The zero-order chi connectivity index (χ0) is 13.4. The Balaban J connectivity index is 2.30. The van der Waals surface area contributed by atoms with Gasteiger partial charge in [-0.2, -0.15) is 0 Å². The number of carboxylic acids is 1. The number of carboxylic acid groups (broad SMARTS) is 1. The van der Waals surface area contributed by atoms with E-state index in [-0.39, 0.29) is 5.56 Å². The van der Waals surface area contributed by atoms with Crippen LogP contribution in [0.4, 0.5) is 5.69 Å². The molecule has 0 saturated carbocycles. The second-order valence-electron chi connectivity index (χ2n) is 4.05. The molecule has 3 N–H and O–H groups in total. The van der Waals surface area contributed by atoms with Gasteiger partial charge in [-0.1, -0.05) is 12.1 Å². The summed E-state index contributed by atoms with van der Waals surface area (Å²) in [4.78, 5) is 19.6. The number of nitrogens with zero attached hydrogens (tertiary/aromatic N) is 3. The van der Waals surface area contributed by atoms with E-state index in [2.05, 4.69) is 9.97 Å². The van der Waals surface area contributed by atoms with Crippen LogP contribution in [0.2, 0.25) is 0 Å². The third-order valence-electron chi connectivity index (χ3n) is 2.80. The van der Waals surface area contributed by atoms with Crippen molar-refractivity contribution in [3.8, 4) is 5.82 Å². The summed E-state index contributed by atoms with van der Waals surface area (Å²) < 4.78 is 1.64. The fourth-order valence-electron chi connectivity index (χ4n) is 1.95. The zero-order valence-electron chi connectivity index (χ0n) is 9.82. The first-order valence-corrected chi connectivity index (χ1v) is 5.58. The molecule has 3 rings (SSSR count). The lowest BCUT2D eigenvalue weighted by atomic mass is 10.2. The molecule has 0 fully saturated rings. The number of fused-ring (bicyclic) bond motifs is 1. The molecule has 2 aromatic heterocycles. The molecule has 0 amide bonds. The highest BCUT2D eigenvalue weighted by molar-refractivity contribution is 5.93. The highest BCUT2D eigenvalue weighted by Gasteiger charge is 2.15. The minimum Gasteiger partial charge on any atom is -0.478 e. The summed E-state index contributed by atoms with van der Waals surface area (Å²) in [6, 6.07) is 8.82. The van der Waals surface area contributed by atoms with Gasteiger partial charge in [0.15, 0.2) is 5.82 Å². The fraction of sp³-hybridized carbons (Fsp3) is 0. The van der Waals surface area contributed by atoms with Crippen molar-refractivity contribution in [3.63, 3.8) is 0 Å². The number of imidazole rings is 1. The van der Waals surface area contributed by atoms with Crippen LogP contribution in [-0.4, -0.2) is 25.6 Å². The van der Waals surface area contributed by atoms with Crippen molar-refractivity contribution in [2.24, 2.45) is 0 Å². The minimum atomic E-state index is -1.08. The first-order valence-electron chi connectivity index (χ1n) is 5.58. The number of para-hydroxylation sites is 2. The average Bonchev–Trinajstić information content (AvgIpc) is 2.82. The molecule has 94 valence electrons. The molecule has 6 heteroatoms. The number of hydrogen-bond acceptors (Lipinski definition) is 4. The number of rotatable bonds is 2.